The normalized spacial score (nSPS) is 12.1. The van der Waals surface area contributed by atoms with Gasteiger partial charge >= 0.3 is 5.97 Å². The van der Waals surface area contributed by atoms with Crippen molar-refractivity contribution in [3.05, 3.63) is 47.0 Å². The predicted octanol–water partition coefficient (Wildman–Crippen LogP) is 3.95. The Balaban J connectivity index is 1.94. The fourth-order valence-corrected chi connectivity index (χ4v) is 3.49. The van der Waals surface area contributed by atoms with Crippen LogP contribution in [0.15, 0.2) is 35.7 Å². The Morgan fingerprint density at radius 2 is 1.74 bits per heavy atom. The number of hydrogen-bond acceptors (Lipinski definition) is 6. The van der Waals surface area contributed by atoms with E-state index in [0.29, 0.717) is 11.7 Å². The van der Waals surface area contributed by atoms with Crippen LogP contribution in [0.4, 0.5) is 5.13 Å². The zero-order valence-electron chi connectivity index (χ0n) is 16.4. The summed E-state index contributed by atoms with van der Waals surface area (Å²) >= 11 is 1.33. The number of amides is 1. The largest absolute Gasteiger partial charge is 0.448 e. The standard InChI is InChI=1S/C20H27N3O3S/c1-13(2)23(14(3)4)18(24)15(5)26-19(25)17-12-27-20(22-17)21-11-16-9-7-6-8-10-16/h6-10,12-15H,11H2,1-5H3,(H,21,22)/t15-/m1/s1. The van der Waals surface area contributed by atoms with E-state index in [9.17, 15) is 9.59 Å². The molecule has 0 fully saturated rings. The van der Waals surface area contributed by atoms with Crippen LogP contribution in [-0.2, 0) is 16.1 Å². The van der Waals surface area contributed by atoms with Crippen molar-refractivity contribution in [2.24, 2.45) is 0 Å². The molecule has 146 valence electrons. The quantitative estimate of drug-likeness (QED) is 0.692. The molecule has 0 saturated carbocycles. The number of rotatable bonds is 8. The van der Waals surface area contributed by atoms with E-state index in [2.05, 4.69) is 10.3 Å². The summed E-state index contributed by atoms with van der Waals surface area (Å²) < 4.78 is 5.34. The van der Waals surface area contributed by atoms with Crippen LogP contribution in [0.25, 0.3) is 0 Å². The highest BCUT2D eigenvalue weighted by Crippen LogP contribution is 2.18. The average molecular weight is 390 g/mol. The van der Waals surface area contributed by atoms with Gasteiger partial charge in [0.15, 0.2) is 16.9 Å². The van der Waals surface area contributed by atoms with Gasteiger partial charge in [0.2, 0.25) is 0 Å². The maximum atomic E-state index is 12.6. The molecule has 6 nitrogen and oxygen atoms in total. The van der Waals surface area contributed by atoms with Gasteiger partial charge < -0.3 is 15.0 Å². The Kier molecular flexibility index (Phi) is 7.36. The van der Waals surface area contributed by atoms with Gasteiger partial charge in [0.05, 0.1) is 0 Å². The van der Waals surface area contributed by atoms with Gasteiger partial charge in [-0.25, -0.2) is 9.78 Å². The number of thiazole rings is 1. The summed E-state index contributed by atoms with van der Waals surface area (Å²) in [5.74, 6) is -0.793. The number of ether oxygens (including phenoxy) is 1. The Hall–Kier alpha value is -2.41. The average Bonchev–Trinajstić information content (AvgIpc) is 3.09. The molecule has 2 aromatic rings. The molecular formula is C20H27N3O3S. The number of carbonyl (C=O) groups excluding carboxylic acids is 2. The van der Waals surface area contributed by atoms with Crippen molar-refractivity contribution in [1.29, 1.82) is 0 Å². The zero-order valence-corrected chi connectivity index (χ0v) is 17.2. The van der Waals surface area contributed by atoms with Crippen molar-refractivity contribution in [3.8, 4) is 0 Å². The first-order valence-electron chi connectivity index (χ1n) is 9.06. The van der Waals surface area contributed by atoms with Crippen LogP contribution in [0.5, 0.6) is 0 Å². The number of anilines is 1. The smallest absolute Gasteiger partial charge is 0.358 e. The number of nitrogens with one attached hydrogen (secondary N) is 1. The van der Waals surface area contributed by atoms with Crippen molar-refractivity contribution in [3.63, 3.8) is 0 Å². The summed E-state index contributed by atoms with van der Waals surface area (Å²) in [7, 11) is 0. The summed E-state index contributed by atoms with van der Waals surface area (Å²) in [6, 6.07) is 9.99. The first kappa shape index (κ1) is 20.9. The SMILES string of the molecule is CC(C)N(C(=O)[C@@H](C)OC(=O)c1csc(NCc2ccccc2)n1)C(C)C. The maximum absolute atomic E-state index is 12.6. The Labute approximate surface area is 164 Å². The number of benzene rings is 1. The number of hydrogen-bond donors (Lipinski definition) is 1. The van der Waals surface area contributed by atoms with E-state index in [-0.39, 0.29) is 23.7 Å². The van der Waals surface area contributed by atoms with E-state index in [1.54, 1.807) is 17.2 Å². The number of aromatic nitrogens is 1. The minimum Gasteiger partial charge on any atom is -0.448 e. The number of esters is 1. The first-order valence-corrected chi connectivity index (χ1v) is 9.94. The molecule has 0 unspecified atom stereocenters. The molecule has 0 aliphatic carbocycles. The van der Waals surface area contributed by atoms with Gasteiger partial charge in [-0.1, -0.05) is 30.3 Å². The molecule has 1 aromatic carbocycles. The lowest BCUT2D eigenvalue weighted by Crippen LogP contribution is -2.47. The Bertz CT molecular complexity index is 751. The summed E-state index contributed by atoms with van der Waals surface area (Å²) in [5.41, 5.74) is 1.33. The summed E-state index contributed by atoms with van der Waals surface area (Å²) in [6.45, 7) is 9.98. The van der Waals surface area contributed by atoms with Crippen LogP contribution in [0.3, 0.4) is 0 Å². The lowest BCUT2D eigenvalue weighted by molar-refractivity contribution is -0.143. The molecule has 0 aliphatic heterocycles. The molecular weight excluding hydrogens is 362 g/mol. The lowest BCUT2D eigenvalue weighted by atomic mass is 10.2. The predicted molar refractivity (Wildman–Crippen MR) is 108 cm³/mol. The van der Waals surface area contributed by atoms with E-state index >= 15 is 0 Å². The molecule has 0 aliphatic rings. The van der Waals surface area contributed by atoms with Crippen molar-refractivity contribution in [2.75, 3.05) is 5.32 Å². The van der Waals surface area contributed by atoms with Gasteiger partial charge in [-0.3, -0.25) is 4.79 Å². The van der Waals surface area contributed by atoms with Crippen LogP contribution in [-0.4, -0.2) is 39.9 Å². The van der Waals surface area contributed by atoms with Crippen molar-refractivity contribution in [1.82, 2.24) is 9.88 Å². The third-order valence-electron chi connectivity index (χ3n) is 4.00. The molecule has 1 aromatic heterocycles. The van der Waals surface area contributed by atoms with Crippen molar-refractivity contribution < 1.29 is 14.3 Å². The molecule has 0 radical (unpaired) electrons. The molecule has 2 rings (SSSR count). The monoisotopic (exact) mass is 389 g/mol. The highest BCUT2D eigenvalue weighted by Gasteiger charge is 2.28. The van der Waals surface area contributed by atoms with Crippen LogP contribution in [0.1, 0.15) is 50.7 Å². The third-order valence-corrected chi connectivity index (χ3v) is 4.80. The van der Waals surface area contributed by atoms with Gasteiger partial charge in [-0.2, -0.15) is 0 Å². The van der Waals surface area contributed by atoms with Gasteiger partial charge in [0, 0.05) is 24.0 Å². The first-order chi connectivity index (χ1) is 12.8. The van der Waals surface area contributed by atoms with Gasteiger partial charge in [0.1, 0.15) is 0 Å². The summed E-state index contributed by atoms with van der Waals surface area (Å²) in [6.07, 6.45) is -0.857. The molecule has 0 saturated heterocycles. The maximum Gasteiger partial charge on any atom is 0.358 e. The number of carbonyl (C=O) groups is 2. The van der Waals surface area contributed by atoms with Crippen LogP contribution < -0.4 is 5.32 Å². The highest BCUT2D eigenvalue weighted by molar-refractivity contribution is 7.13. The summed E-state index contributed by atoms with van der Waals surface area (Å²) in [5, 5.41) is 5.45. The van der Waals surface area contributed by atoms with E-state index in [1.807, 2.05) is 58.0 Å². The molecule has 1 heterocycles. The second-order valence-corrected chi connectivity index (χ2v) is 7.72. The van der Waals surface area contributed by atoms with E-state index in [0.717, 1.165) is 5.56 Å². The van der Waals surface area contributed by atoms with E-state index in [1.165, 1.54) is 11.3 Å². The fraction of sp³-hybridized carbons (Fsp3) is 0.450. The Morgan fingerprint density at radius 3 is 2.33 bits per heavy atom. The van der Waals surface area contributed by atoms with Crippen LogP contribution in [0.2, 0.25) is 0 Å². The van der Waals surface area contributed by atoms with Crippen molar-refractivity contribution >= 4 is 28.3 Å². The minimum absolute atomic E-state index is 0.0340. The molecule has 0 bridgehead atoms. The van der Waals surface area contributed by atoms with Crippen LogP contribution in [0, 0.1) is 0 Å². The Morgan fingerprint density at radius 1 is 1.11 bits per heavy atom. The topological polar surface area (TPSA) is 71.5 Å². The minimum atomic E-state index is -0.857. The third kappa shape index (κ3) is 5.79. The zero-order chi connectivity index (χ0) is 20.0. The van der Waals surface area contributed by atoms with E-state index in [4.69, 9.17) is 4.74 Å². The molecule has 1 atom stereocenters. The van der Waals surface area contributed by atoms with Crippen LogP contribution >= 0.6 is 11.3 Å². The second kappa shape index (κ2) is 9.50. The number of nitrogens with zero attached hydrogens (tertiary/aromatic N) is 2. The van der Waals surface area contributed by atoms with Gasteiger partial charge in [0.25, 0.3) is 5.91 Å². The second-order valence-electron chi connectivity index (χ2n) is 6.86. The van der Waals surface area contributed by atoms with E-state index < -0.39 is 12.1 Å². The van der Waals surface area contributed by atoms with Gasteiger partial charge in [-0.15, -0.1) is 11.3 Å². The molecule has 27 heavy (non-hydrogen) atoms. The molecule has 1 N–H and O–H groups in total. The van der Waals surface area contributed by atoms with Gasteiger partial charge in [-0.05, 0) is 40.2 Å². The van der Waals surface area contributed by atoms with Crippen molar-refractivity contribution in [2.45, 2.75) is 59.4 Å². The highest BCUT2D eigenvalue weighted by atomic mass is 32.1. The molecule has 7 heteroatoms. The molecule has 0 spiro atoms. The summed E-state index contributed by atoms with van der Waals surface area (Å²) in [4.78, 5) is 30.9. The lowest BCUT2D eigenvalue weighted by Gasteiger charge is -2.32. The fourth-order valence-electron chi connectivity index (χ4n) is 2.81. The molecule has 1 amide bonds.